The molecule has 0 radical (unpaired) electrons. The zero-order chi connectivity index (χ0) is 15.5. The SMILES string of the molecule is COc1ccc2c(c1)nnn2-c1cccc(CNS(=O)O)c1. The van der Waals surface area contributed by atoms with E-state index in [1.165, 1.54) is 0 Å². The maximum absolute atomic E-state index is 10.7. The van der Waals surface area contributed by atoms with Crippen LogP contribution in [0.4, 0.5) is 0 Å². The number of fused-ring (bicyclic) bond motifs is 1. The number of rotatable bonds is 5. The summed E-state index contributed by atoms with van der Waals surface area (Å²) < 4.78 is 28.8. The molecule has 0 saturated carbocycles. The number of methoxy groups -OCH3 is 1. The number of benzene rings is 2. The standard InChI is InChI=1S/C14H14N4O3S/c1-21-12-5-6-14-13(8-12)16-17-18(14)11-4-2-3-10(7-11)9-15-22(19)20/h2-8,15H,9H2,1H3,(H,19,20). The summed E-state index contributed by atoms with van der Waals surface area (Å²) in [6.07, 6.45) is 0. The predicted octanol–water partition coefficient (Wildman–Crippen LogP) is 1.66. The smallest absolute Gasteiger partial charge is 0.232 e. The predicted molar refractivity (Wildman–Crippen MR) is 83.0 cm³/mol. The normalized spacial score (nSPS) is 12.5. The Kier molecular flexibility index (Phi) is 4.14. The van der Waals surface area contributed by atoms with E-state index in [1.54, 1.807) is 11.8 Å². The fourth-order valence-corrected chi connectivity index (χ4v) is 2.45. The zero-order valence-corrected chi connectivity index (χ0v) is 12.6. The molecule has 0 bridgehead atoms. The quantitative estimate of drug-likeness (QED) is 0.698. The van der Waals surface area contributed by atoms with Crippen LogP contribution in [-0.4, -0.2) is 30.9 Å². The van der Waals surface area contributed by atoms with Gasteiger partial charge >= 0.3 is 0 Å². The van der Waals surface area contributed by atoms with Gasteiger partial charge in [0.1, 0.15) is 11.3 Å². The van der Waals surface area contributed by atoms with Crippen LogP contribution >= 0.6 is 0 Å². The molecule has 0 spiro atoms. The summed E-state index contributed by atoms with van der Waals surface area (Å²) >= 11 is -2.03. The molecular weight excluding hydrogens is 304 g/mol. The fourth-order valence-electron chi connectivity index (χ4n) is 2.16. The Morgan fingerprint density at radius 3 is 2.95 bits per heavy atom. The van der Waals surface area contributed by atoms with Crippen molar-refractivity contribution in [1.82, 2.24) is 19.7 Å². The molecule has 0 fully saturated rings. The van der Waals surface area contributed by atoms with Crippen LogP contribution in [0.15, 0.2) is 42.5 Å². The molecule has 0 aliphatic carbocycles. The molecule has 1 heterocycles. The van der Waals surface area contributed by atoms with Crippen LogP contribution in [0.5, 0.6) is 5.75 Å². The summed E-state index contributed by atoms with van der Waals surface area (Å²) in [7, 11) is 1.60. The van der Waals surface area contributed by atoms with E-state index in [1.807, 2.05) is 42.5 Å². The minimum absolute atomic E-state index is 0.289. The largest absolute Gasteiger partial charge is 0.497 e. The van der Waals surface area contributed by atoms with E-state index in [4.69, 9.17) is 9.29 Å². The van der Waals surface area contributed by atoms with E-state index < -0.39 is 11.3 Å². The van der Waals surface area contributed by atoms with E-state index in [-0.39, 0.29) is 6.54 Å². The molecule has 3 aromatic rings. The van der Waals surface area contributed by atoms with Gasteiger partial charge in [0.2, 0.25) is 11.3 Å². The topological polar surface area (TPSA) is 89.3 Å². The Morgan fingerprint density at radius 1 is 1.32 bits per heavy atom. The molecule has 8 heteroatoms. The summed E-state index contributed by atoms with van der Waals surface area (Å²) in [5.74, 6) is 0.725. The van der Waals surface area contributed by atoms with Crippen molar-refractivity contribution in [2.75, 3.05) is 7.11 Å². The highest BCUT2D eigenvalue weighted by atomic mass is 32.2. The van der Waals surface area contributed by atoms with Crippen LogP contribution < -0.4 is 9.46 Å². The second kappa shape index (κ2) is 6.22. The van der Waals surface area contributed by atoms with Gasteiger partial charge in [0.05, 0.1) is 18.3 Å². The lowest BCUT2D eigenvalue weighted by molar-refractivity contribution is 0.415. The van der Waals surface area contributed by atoms with E-state index >= 15 is 0 Å². The number of hydrogen-bond donors (Lipinski definition) is 2. The van der Waals surface area contributed by atoms with Gasteiger partial charge in [-0.25, -0.2) is 13.6 Å². The van der Waals surface area contributed by atoms with Gasteiger partial charge in [0.15, 0.2) is 0 Å². The van der Waals surface area contributed by atoms with Crippen molar-refractivity contribution in [3.63, 3.8) is 0 Å². The van der Waals surface area contributed by atoms with Crippen LogP contribution in [0.25, 0.3) is 16.7 Å². The lowest BCUT2D eigenvalue weighted by Gasteiger charge is -2.06. The van der Waals surface area contributed by atoms with Crippen LogP contribution in [0.1, 0.15) is 5.56 Å². The molecular formula is C14H14N4O3S. The van der Waals surface area contributed by atoms with Gasteiger partial charge in [0, 0.05) is 12.6 Å². The first kappa shape index (κ1) is 14.6. The van der Waals surface area contributed by atoms with Gasteiger partial charge in [-0.2, -0.15) is 0 Å². The highest BCUT2D eigenvalue weighted by Gasteiger charge is 2.08. The van der Waals surface area contributed by atoms with Gasteiger partial charge in [-0.3, -0.25) is 4.55 Å². The fraction of sp³-hybridized carbons (Fsp3) is 0.143. The molecule has 1 aromatic heterocycles. The highest BCUT2D eigenvalue weighted by Crippen LogP contribution is 2.21. The molecule has 7 nitrogen and oxygen atoms in total. The van der Waals surface area contributed by atoms with Crippen molar-refractivity contribution < 1.29 is 13.5 Å². The molecule has 0 amide bonds. The van der Waals surface area contributed by atoms with Crippen molar-refractivity contribution in [2.45, 2.75) is 6.54 Å². The lowest BCUT2D eigenvalue weighted by Crippen LogP contribution is -2.15. The first-order valence-corrected chi connectivity index (χ1v) is 7.61. The molecule has 2 N–H and O–H groups in total. The Balaban J connectivity index is 1.97. The van der Waals surface area contributed by atoms with Crippen molar-refractivity contribution in [1.29, 1.82) is 0 Å². The molecule has 1 atom stereocenters. The second-order valence-corrected chi connectivity index (χ2v) is 5.38. The number of nitrogens with zero attached hydrogens (tertiary/aromatic N) is 3. The molecule has 0 aliphatic rings. The lowest BCUT2D eigenvalue weighted by atomic mass is 10.2. The molecule has 0 saturated heterocycles. The Labute approximate surface area is 129 Å². The van der Waals surface area contributed by atoms with Crippen LogP contribution in [0.2, 0.25) is 0 Å². The second-order valence-electron chi connectivity index (χ2n) is 4.60. The molecule has 22 heavy (non-hydrogen) atoms. The van der Waals surface area contributed by atoms with Gasteiger partial charge in [-0.1, -0.05) is 17.3 Å². The minimum atomic E-state index is -2.03. The maximum atomic E-state index is 10.7. The first-order valence-electron chi connectivity index (χ1n) is 6.50. The monoisotopic (exact) mass is 318 g/mol. The molecule has 0 aliphatic heterocycles. The van der Waals surface area contributed by atoms with Crippen LogP contribution in [0.3, 0.4) is 0 Å². The van der Waals surface area contributed by atoms with Crippen molar-refractivity contribution in [3.8, 4) is 11.4 Å². The Morgan fingerprint density at radius 2 is 2.18 bits per heavy atom. The average molecular weight is 318 g/mol. The van der Waals surface area contributed by atoms with E-state index in [0.29, 0.717) is 0 Å². The Hall–Kier alpha value is -2.29. The molecule has 3 rings (SSSR count). The average Bonchev–Trinajstić information content (AvgIpc) is 2.96. The van der Waals surface area contributed by atoms with Crippen LogP contribution in [0, 0.1) is 0 Å². The van der Waals surface area contributed by atoms with E-state index in [0.717, 1.165) is 28.0 Å². The highest BCUT2D eigenvalue weighted by molar-refractivity contribution is 7.77. The summed E-state index contributed by atoms with van der Waals surface area (Å²) in [5, 5.41) is 8.29. The zero-order valence-electron chi connectivity index (χ0n) is 11.8. The summed E-state index contributed by atoms with van der Waals surface area (Å²) in [6.45, 7) is 0.289. The molecule has 2 aromatic carbocycles. The number of aromatic nitrogens is 3. The summed E-state index contributed by atoms with van der Waals surface area (Å²) in [5.41, 5.74) is 3.30. The van der Waals surface area contributed by atoms with E-state index in [9.17, 15) is 4.21 Å². The van der Waals surface area contributed by atoms with Gasteiger partial charge in [-0.15, -0.1) is 5.10 Å². The van der Waals surface area contributed by atoms with Crippen molar-refractivity contribution >= 4 is 22.3 Å². The molecule has 114 valence electrons. The minimum Gasteiger partial charge on any atom is -0.497 e. The third-order valence-corrected chi connectivity index (χ3v) is 3.60. The first-order chi connectivity index (χ1) is 10.7. The van der Waals surface area contributed by atoms with E-state index in [2.05, 4.69) is 15.0 Å². The third kappa shape index (κ3) is 2.98. The van der Waals surface area contributed by atoms with Crippen LogP contribution in [-0.2, 0) is 17.8 Å². The number of ether oxygens (including phenoxy) is 1. The van der Waals surface area contributed by atoms with Crippen molar-refractivity contribution in [3.05, 3.63) is 48.0 Å². The Bertz CT molecular complexity index is 834. The summed E-state index contributed by atoms with van der Waals surface area (Å²) in [4.78, 5) is 0. The van der Waals surface area contributed by atoms with Gasteiger partial charge < -0.3 is 4.74 Å². The number of nitrogens with one attached hydrogen (secondary N) is 1. The van der Waals surface area contributed by atoms with Crippen molar-refractivity contribution in [2.24, 2.45) is 0 Å². The molecule has 1 unspecified atom stereocenters. The van der Waals surface area contributed by atoms with Gasteiger partial charge in [-0.05, 0) is 29.8 Å². The van der Waals surface area contributed by atoms with Gasteiger partial charge in [0.25, 0.3) is 0 Å². The third-order valence-electron chi connectivity index (χ3n) is 3.21. The number of hydrogen-bond acceptors (Lipinski definition) is 4. The summed E-state index contributed by atoms with van der Waals surface area (Å²) in [6, 6.07) is 13.1. The maximum Gasteiger partial charge on any atom is 0.232 e.